The molecule has 0 amide bonds. The number of hydrogen-bond acceptors (Lipinski definition) is 1. The fourth-order valence-corrected chi connectivity index (χ4v) is 1.96. The third-order valence-electron chi connectivity index (χ3n) is 2.86. The summed E-state index contributed by atoms with van der Waals surface area (Å²) in [5.74, 6) is 1.61. The summed E-state index contributed by atoms with van der Waals surface area (Å²) in [6.45, 7) is 11.1. The summed E-state index contributed by atoms with van der Waals surface area (Å²) in [4.78, 5) is 0. The Balaban J connectivity index is 2.65. The quantitative estimate of drug-likeness (QED) is 0.687. The first-order valence-electron chi connectivity index (χ1n) is 5.68. The summed E-state index contributed by atoms with van der Waals surface area (Å²) in [5.41, 5.74) is 6.17. The molecule has 1 saturated carbocycles. The van der Waals surface area contributed by atoms with Gasteiger partial charge in [0.05, 0.1) is 0 Å². The molecule has 0 saturated heterocycles. The van der Waals surface area contributed by atoms with Gasteiger partial charge in [-0.2, -0.15) is 0 Å². The molecule has 1 aliphatic rings. The van der Waals surface area contributed by atoms with Crippen LogP contribution in [0.15, 0.2) is 12.2 Å². The van der Waals surface area contributed by atoms with Crippen LogP contribution in [0.1, 0.15) is 47.5 Å². The van der Waals surface area contributed by atoms with E-state index in [0.717, 1.165) is 5.92 Å². The standard InChI is InChI=1S/C13H25N/c1-12(2,3)11(10-6-7-10)8-9-13(4,5)14/h8-11H,6-7,14H2,1-5H3/b9-8+. The summed E-state index contributed by atoms with van der Waals surface area (Å²) in [6, 6.07) is 0. The molecule has 0 aromatic heterocycles. The normalized spacial score (nSPS) is 21.6. The highest BCUT2D eigenvalue weighted by atomic mass is 14.7. The fourth-order valence-electron chi connectivity index (χ4n) is 1.96. The van der Waals surface area contributed by atoms with Crippen molar-refractivity contribution in [2.24, 2.45) is 23.0 Å². The molecule has 1 aliphatic carbocycles. The molecule has 14 heavy (non-hydrogen) atoms. The van der Waals surface area contributed by atoms with E-state index in [-0.39, 0.29) is 5.54 Å². The van der Waals surface area contributed by atoms with Crippen molar-refractivity contribution in [1.82, 2.24) is 0 Å². The Morgan fingerprint density at radius 1 is 1.14 bits per heavy atom. The van der Waals surface area contributed by atoms with Crippen molar-refractivity contribution in [3.63, 3.8) is 0 Å². The van der Waals surface area contributed by atoms with E-state index in [9.17, 15) is 0 Å². The predicted octanol–water partition coefficient (Wildman–Crippen LogP) is 3.35. The highest BCUT2D eigenvalue weighted by Gasteiger charge is 2.36. The van der Waals surface area contributed by atoms with Gasteiger partial charge in [0.15, 0.2) is 0 Å². The smallest absolute Gasteiger partial charge is 0.0281 e. The minimum Gasteiger partial charge on any atom is -0.322 e. The highest BCUT2D eigenvalue weighted by Crippen LogP contribution is 2.46. The second-order valence-corrected chi connectivity index (χ2v) is 6.41. The first kappa shape index (κ1) is 11.8. The Hall–Kier alpha value is -0.300. The van der Waals surface area contributed by atoms with Gasteiger partial charge in [0.1, 0.15) is 0 Å². The van der Waals surface area contributed by atoms with Crippen molar-refractivity contribution in [2.45, 2.75) is 53.0 Å². The number of hydrogen-bond donors (Lipinski definition) is 1. The van der Waals surface area contributed by atoms with E-state index in [2.05, 4.69) is 46.8 Å². The van der Waals surface area contributed by atoms with Gasteiger partial charge >= 0.3 is 0 Å². The Labute approximate surface area is 88.8 Å². The van der Waals surface area contributed by atoms with Crippen molar-refractivity contribution in [3.8, 4) is 0 Å². The molecule has 1 nitrogen and oxygen atoms in total. The molecule has 1 fully saturated rings. The van der Waals surface area contributed by atoms with Crippen molar-refractivity contribution >= 4 is 0 Å². The van der Waals surface area contributed by atoms with Crippen molar-refractivity contribution in [1.29, 1.82) is 0 Å². The number of allylic oxidation sites excluding steroid dienone is 1. The molecule has 2 N–H and O–H groups in total. The van der Waals surface area contributed by atoms with E-state index in [1.807, 2.05) is 0 Å². The van der Waals surface area contributed by atoms with Gasteiger partial charge in [-0.3, -0.25) is 0 Å². The Bertz CT molecular complexity index is 210. The molecule has 0 radical (unpaired) electrons. The summed E-state index contributed by atoms with van der Waals surface area (Å²) < 4.78 is 0. The van der Waals surface area contributed by atoms with Crippen LogP contribution >= 0.6 is 0 Å². The van der Waals surface area contributed by atoms with Crippen LogP contribution in [-0.2, 0) is 0 Å². The van der Waals surface area contributed by atoms with Crippen molar-refractivity contribution in [2.75, 3.05) is 0 Å². The van der Waals surface area contributed by atoms with Gasteiger partial charge in [-0.15, -0.1) is 0 Å². The average molecular weight is 195 g/mol. The van der Waals surface area contributed by atoms with Crippen molar-refractivity contribution in [3.05, 3.63) is 12.2 Å². The van der Waals surface area contributed by atoms with Crippen molar-refractivity contribution < 1.29 is 0 Å². The summed E-state index contributed by atoms with van der Waals surface area (Å²) >= 11 is 0. The van der Waals surface area contributed by atoms with Gasteiger partial charge in [-0.1, -0.05) is 32.9 Å². The molecular formula is C13H25N. The van der Waals surface area contributed by atoms with E-state index >= 15 is 0 Å². The van der Waals surface area contributed by atoms with Gasteiger partial charge in [0, 0.05) is 5.54 Å². The van der Waals surface area contributed by atoms with E-state index in [1.54, 1.807) is 0 Å². The monoisotopic (exact) mass is 195 g/mol. The molecule has 82 valence electrons. The first-order chi connectivity index (χ1) is 6.20. The lowest BCUT2D eigenvalue weighted by atomic mass is 9.77. The number of nitrogens with two attached hydrogens (primary N) is 1. The molecule has 1 unspecified atom stereocenters. The Morgan fingerprint density at radius 3 is 1.93 bits per heavy atom. The Kier molecular flexibility index (Phi) is 3.10. The van der Waals surface area contributed by atoms with Gasteiger partial charge in [0.2, 0.25) is 0 Å². The van der Waals surface area contributed by atoms with E-state index < -0.39 is 0 Å². The van der Waals surface area contributed by atoms with Crippen LogP contribution in [0.4, 0.5) is 0 Å². The second-order valence-electron chi connectivity index (χ2n) is 6.41. The summed E-state index contributed by atoms with van der Waals surface area (Å²) in [5, 5.41) is 0. The van der Waals surface area contributed by atoms with E-state index in [0.29, 0.717) is 11.3 Å². The van der Waals surface area contributed by atoms with Crippen LogP contribution in [0.25, 0.3) is 0 Å². The summed E-state index contributed by atoms with van der Waals surface area (Å²) in [7, 11) is 0. The van der Waals surface area contributed by atoms with Crippen LogP contribution < -0.4 is 5.73 Å². The maximum Gasteiger partial charge on any atom is 0.0281 e. The molecule has 0 heterocycles. The fraction of sp³-hybridized carbons (Fsp3) is 0.846. The molecule has 0 aliphatic heterocycles. The predicted molar refractivity (Wildman–Crippen MR) is 63.1 cm³/mol. The van der Waals surface area contributed by atoms with E-state index in [1.165, 1.54) is 12.8 Å². The average Bonchev–Trinajstić information content (AvgIpc) is 2.64. The third-order valence-corrected chi connectivity index (χ3v) is 2.86. The van der Waals surface area contributed by atoms with Crippen LogP contribution in [0, 0.1) is 17.3 Å². The maximum absolute atomic E-state index is 5.96. The topological polar surface area (TPSA) is 26.0 Å². The number of rotatable bonds is 3. The minimum atomic E-state index is -0.168. The molecule has 0 aromatic carbocycles. The highest BCUT2D eigenvalue weighted by molar-refractivity contribution is 5.07. The molecule has 0 spiro atoms. The molecule has 1 atom stereocenters. The summed E-state index contributed by atoms with van der Waals surface area (Å²) in [6.07, 6.45) is 7.31. The minimum absolute atomic E-state index is 0.168. The van der Waals surface area contributed by atoms with Gasteiger partial charge in [-0.25, -0.2) is 0 Å². The lowest BCUT2D eigenvalue weighted by Crippen LogP contribution is -2.30. The Morgan fingerprint density at radius 2 is 1.64 bits per heavy atom. The molecule has 0 bridgehead atoms. The molecule has 1 heteroatoms. The third kappa shape index (κ3) is 3.83. The lowest BCUT2D eigenvalue weighted by Gasteiger charge is -2.29. The second kappa shape index (κ2) is 3.69. The van der Waals surface area contributed by atoms with Crippen LogP contribution in [0.2, 0.25) is 0 Å². The molecule has 0 aromatic rings. The van der Waals surface area contributed by atoms with Gasteiger partial charge in [0.25, 0.3) is 0 Å². The first-order valence-corrected chi connectivity index (χ1v) is 5.68. The SMILES string of the molecule is CC(C)(N)/C=C/C(C1CC1)C(C)(C)C. The van der Waals surface area contributed by atoms with Crippen LogP contribution in [0.3, 0.4) is 0 Å². The zero-order valence-corrected chi connectivity index (χ0v) is 10.3. The maximum atomic E-state index is 5.96. The molecular weight excluding hydrogens is 170 g/mol. The van der Waals surface area contributed by atoms with Gasteiger partial charge in [-0.05, 0) is 43.9 Å². The molecule has 1 rings (SSSR count). The zero-order valence-electron chi connectivity index (χ0n) is 10.3. The van der Waals surface area contributed by atoms with Crippen LogP contribution in [-0.4, -0.2) is 5.54 Å². The van der Waals surface area contributed by atoms with Gasteiger partial charge < -0.3 is 5.73 Å². The van der Waals surface area contributed by atoms with E-state index in [4.69, 9.17) is 5.73 Å². The van der Waals surface area contributed by atoms with Crippen LogP contribution in [0.5, 0.6) is 0 Å². The lowest BCUT2D eigenvalue weighted by molar-refractivity contribution is 0.263. The zero-order chi connectivity index (χ0) is 11.0. The largest absolute Gasteiger partial charge is 0.322 e.